The first-order chi connectivity index (χ1) is 14.0. The Hall–Kier alpha value is -3.58. The summed E-state index contributed by atoms with van der Waals surface area (Å²) in [6, 6.07) is 13.2. The molecule has 2 aromatic heterocycles. The molecule has 144 valence electrons. The van der Waals surface area contributed by atoms with Crippen molar-refractivity contribution < 1.29 is 13.6 Å². The van der Waals surface area contributed by atoms with Crippen LogP contribution in [0.5, 0.6) is 0 Å². The summed E-state index contributed by atoms with van der Waals surface area (Å²) >= 11 is 6.07. The number of rotatable bonds is 4. The number of imidazole rings is 1. The van der Waals surface area contributed by atoms with Crippen molar-refractivity contribution in [3.63, 3.8) is 0 Å². The van der Waals surface area contributed by atoms with E-state index in [9.17, 15) is 13.6 Å². The molecule has 4 rings (SSSR count). The number of aromatic amines is 1. The second-order valence-corrected chi connectivity index (χ2v) is 6.55. The van der Waals surface area contributed by atoms with Gasteiger partial charge in [-0.05, 0) is 42.5 Å². The molecule has 2 N–H and O–H groups in total. The van der Waals surface area contributed by atoms with Gasteiger partial charge >= 0.3 is 0 Å². The summed E-state index contributed by atoms with van der Waals surface area (Å²) in [5.41, 5.74) is 1.91. The minimum absolute atomic E-state index is 0.162. The first-order valence-corrected chi connectivity index (χ1v) is 8.92. The number of halogens is 3. The molecule has 2 heterocycles. The van der Waals surface area contributed by atoms with E-state index in [0.29, 0.717) is 16.9 Å². The number of hydrogen-bond acceptors (Lipinski definition) is 3. The van der Waals surface area contributed by atoms with Crippen molar-refractivity contribution in [2.24, 2.45) is 0 Å². The summed E-state index contributed by atoms with van der Waals surface area (Å²) < 4.78 is 27.3. The molecule has 0 spiro atoms. The SMILES string of the molecule is O=C(Nc1cccc(F)c1)c1ccc(-c2cnc(-c3c(F)cccc3Cl)[nH]2)cn1. The fraction of sp³-hybridized carbons (Fsp3) is 0. The summed E-state index contributed by atoms with van der Waals surface area (Å²) in [5, 5.41) is 2.82. The zero-order valence-electron chi connectivity index (χ0n) is 14.8. The maximum atomic E-state index is 14.1. The fourth-order valence-corrected chi connectivity index (χ4v) is 3.02. The monoisotopic (exact) mass is 410 g/mol. The van der Waals surface area contributed by atoms with Gasteiger partial charge in [-0.3, -0.25) is 9.78 Å². The molecule has 0 aliphatic heterocycles. The number of hydrogen-bond donors (Lipinski definition) is 2. The number of nitrogens with one attached hydrogen (secondary N) is 2. The third-order valence-corrected chi connectivity index (χ3v) is 4.48. The quantitative estimate of drug-likeness (QED) is 0.478. The number of nitrogens with zero attached hydrogens (tertiary/aromatic N) is 2. The number of H-pyrrole nitrogens is 1. The minimum atomic E-state index is -0.485. The number of amides is 1. The topological polar surface area (TPSA) is 70.7 Å². The van der Waals surface area contributed by atoms with Crippen LogP contribution in [0.25, 0.3) is 22.6 Å². The predicted molar refractivity (Wildman–Crippen MR) is 107 cm³/mol. The molecule has 0 atom stereocenters. The molecule has 1 amide bonds. The maximum absolute atomic E-state index is 14.1. The normalized spacial score (nSPS) is 10.7. The molecule has 0 aliphatic carbocycles. The van der Waals surface area contributed by atoms with E-state index in [4.69, 9.17) is 11.6 Å². The molecule has 2 aromatic carbocycles. The van der Waals surface area contributed by atoms with E-state index in [1.165, 1.54) is 48.8 Å². The molecule has 5 nitrogen and oxygen atoms in total. The van der Waals surface area contributed by atoms with Gasteiger partial charge in [0.05, 0.1) is 22.5 Å². The standard InChI is InChI=1S/C21H13ClF2N4O/c22-15-5-2-6-16(24)19(15)20-26-11-18(28-20)12-7-8-17(25-10-12)21(29)27-14-4-1-3-13(23)9-14/h1-11H,(H,26,28)(H,27,29). The first kappa shape index (κ1) is 18.8. The van der Waals surface area contributed by atoms with Crippen molar-refractivity contribution in [1.82, 2.24) is 15.0 Å². The number of benzene rings is 2. The minimum Gasteiger partial charge on any atom is -0.338 e. The van der Waals surface area contributed by atoms with Crippen LogP contribution in [0, 0.1) is 11.6 Å². The average molecular weight is 411 g/mol. The molecule has 0 aliphatic rings. The molecule has 8 heteroatoms. The van der Waals surface area contributed by atoms with Crippen LogP contribution in [0.3, 0.4) is 0 Å². The number of pyridine rings is 1. The summed E-state index contributed by atoms with van der Waals surface area (Å²) in [4.78, 5) is 23.6. The van der Waals surface area contributed by atoms with Gasteiger partial charge in [0.2, 0.25) is 0 Å². The van der Waals surface area contributed by atoms with Gasteiger partial charge < -0.3 is 10.3 Å². The third-order valence-electron chi connectivity index (χ3n) is 4.16. The molecular formula is C21H13ClF2N4O. The van der Waals surface area contributed by atoms with E-state index in [2.05, 4.69) is 20.3 Å². The van der Waals surface area contributed by atoms with Crippen LogP contribution in [-0.2, 0) is 0 Å². The zero-order valence-corrected chi connectivity index (χ0v) is 15.5. The van der Waals surface area contributed by atoms with Crippen LogP contribution in [0.4, 0.5) is 14.5 Å². The van der Waals surface area contributed by atoms with Crippen LogP contribution in [0.2, 0.25) is 5.02 Å². The lowest BCUT2D eigenvalue weighted by Crippen LogP contribution is -2.13. The summed E-state index contributed by atoms with van der Waals surface area (Å²) in [6.07, 6.45) is 3.02. The highest BCUT2D eigenvalue weighted by Gasteiger charge is 2.14. The predicted octanol–water partition coefficient (Wildman–Crippen LogP) is 5.32. The van der Waals surface area contributed by atoms with E-state index in [-0.39, 0.29) is 22.1 Å². The Morgan fingerprint density at radius 2 is 1.83 bits per heavy atom. The summed E-state index contributed by atoms with van der Waals surface area (Å²) in [5.74, 6) is -1.11. The van der Waals surface area contributed by atoms with Gasteiger partial charge in [0.25, 0.3) is 5.91 Å². The highest BCUT2D eigenvalue weighted by atomic mass is 35.5. The van der Waals surface area contributed by atoms with Gasteiger partial charge in [0.15, 0.2) is 0 Å². The van der Waals surface area contributed by atoms with E-state index in [0.717, 1.165) is 0 Å². The summed E-state index contributed by atoms with van der Waals surface area (Å²) in [6.45, 7) is 0. The van der Waals surface area contributed by atoms with Gasteiger partial charge in [-0.1, -0.05) is 23.7 Å². The molecule has 29 heavy (non-hydrogen) atoms. The first-order valence-electron chi connectivity index (χ1n) is 8.54. The van der Waals surface area contributed by atoms with Crippen LogP contribution in [0.1, 0.15) is 10.5 Å². The van der Waals surface area contributed by atoms with Gasteiger partial charge in [0.1, 0.15) is 23.2 Å². The van der Waals surface area contributed by atoms with E-state index >= 15 is 0 Å². The van der Waals surface area contributed by atoms with Gasteiger partial charge in [-0.2, -0.15) is 0 Å². The molecule has 0 saturated carbocycles. The van der Waals surface area contributed by atoms with Crippen molar-refractivity contribution in [3.8, 4) is 22.6 Å². The second kappa shape index (κ2) is 7.81. The Morgan fingerprint density at radius 3 is 2.55 bits per heavy atom. The van der Waals surface area contributed by atoms with Gasteiger partial charge in [0, 0.05) is 17.4 Å². The number of carbonyl (C=O) groups excluding carboxylic acids is 1. The Labute approximate surface area is 169 Å². The highest BCUT2D eigenvalue weighted by Crippen LogP contribution is 2.30. The molecule has 0 fully saturated rings. The Morgan fingerprint density at radius 1 is 1.00 bits per heavy atom. The molecule has 4 aromatic rings. The van der Waals surface area contributed by atoms with Crippen molar-refractivity contribution in [2.75, 3.05) is 5.32 Å². The van der Waals surface area contributed by atoms with Crippen LogP contribution in [-0.4, -0.2) is 20.9 Å². The zero-order chi connectivity index (χ0) is 20.4. The largest absolute Gasteiger partial charge is 0.338 e. The third kappa shape index (κ3) is 4.00. The van der Waals surface area contributed by atoms with Crippen LogP contribution in [0.15, 0.2) is 67.0 Å². The Bertz CT molecular complexity index is 1170. The van der Waals surface area contributed by atoms with Gasteiger partial charge in [-0.25, -0.2) is 13.8 Å². The highest BCUT2D eigenvalue weighted by molar-refractivity contribution is 6.33. The second-order valence-electron chi connectivity index (χ2n) is 6.14. The molecule has 0 saturated heterocycles. The lowest BCUT2D eigenvalue weighted by molar-refractivity contribution is 0.102. The molecule has 0 unspecified atom stereocenters. The maximum Gasteiger partial charge on any atom is 0.274 e. The van der Waals surface area contributed by atoms with Crippen molar-refractivity contribution in [3.05, 3.63) is 89.3 Å². The number of aromatic nitrogens is 3. The van der Waals surface area contributed by atoms with E-state index in [1.54, 1.807) is 18.2 Å². The summed E-state index contributed by atoms with van der Waals surface area (Å²) in [7, 11) is 0. The number of anilines is 1. The van der Waals surface area contributed by atoms with Crippen LogP contribution >= 0.6 is 11.6 Å². The molecular weight excluding hydrogens is 398 g/mol. The Balaban J connectivity index is 1.54. The molecule has 0 radical (unpaired) electrons. The lowest BCUT2D eigenvalue weighted by atomic mass is 10.2. The van der Waals surface area contributed by atoms with Crippen molar-refractivity contribution in [2.45, 2.75) is 0 Å². The molecule has 0 bridgehead atoms. The average Bonchev–Trinajstić information content (AvgIpc) is 3.18. The van der Waals surface area contributed by atoms with E-state index in [1.807, 2.05) is 0 Å². The van der Waals surface area contributed by atoms with Crippen molar-refractivity contribution in [1.29, 1.82) is 0 Å². The van der Waals surface area contributed by atoms with Crippen molar-refractivity contribution >= 4 is 23.2 Å². The fourth-order valence-electron chi connectivity index (χ4n) is 2.77. The van der Waals surface area contributed by atoms with Gasteiger partial charge in [-0.15, -0.1) is 0 Å². The van der Waals surface area contributed by atoms with Crippen LogP contribution < -0.4 is 5.32 Å². The van der Waals surface area contributed by atoms with E-state index < -0.39 is 17.5 Å². The smallest absolute Gasteiger partial charge is 0.274 e. The number of carbonyl (C=O) groups is 1. The Kier molecular flexibility index (Phi) is 5.05. The lowest BCUT2D eigenvalue weighted by Gasteiger charge is -2.05.